The Morgan fingerprint density at radius 3 is 2.53 bits per heavy atom. The topological polar surface area (TPSA) is 122 Å². The number of aromatic nitrogens is 4. The van der Waals surface area contributed by atoms with Crippen molar-refractivity contribution < 1.29 is 13.6 Å². The zero-order valence-electron chi connectivity index (χ0n) is 18.8. The molecule has 0 atom stereocenters. The van der Waals surface area contributed by atoms with Crippen molar-refractivity contribution in [2.24, 2.45) is 0 Å². The van der Waals surface area contributed by atoms with Gasteiger partial charge in [0.2, 0.25) is 5.95 Å². The summed E-state index contributed by atoms with van der Waals surface area (Å²) >= 11 is 0. The van der Waals surface area contributed by atoms with Gasteiger partial charge >= 0.3 is 6.03 Å². The summed E-state index contributed by atoms with van der Waals surface area (Å²) in [4.78, 5) is 28.8. The minimum atomic E-state index is -0.871. The summed E-state index contributed by atoms with van der Waals surface area (Å²) in [5.41, 5.74) is 8.40. The van der Waals surface area contributed by atoms with Gasteiger partial charge in [0.1, 0.15) is 17.5 Å². The number of benzene rings is 2. The number of nitrogens with two attached hydrogens (primary N) is 1. The fraction of sp³-hybridized carbons (Fsp3) is 0.167. The van der Waals surface area contributed by atoms with Gasteiger partial charge < -0.3 is 21.4 Å². The van der Waals surface area contributed by atoms with Crippen molar-refractivity contribution in [2.45, 2.75) is 26.2 Å². The normalized spacial score (nSPS) is 11.3. The highest BCUT2D eigenvalue weighted by Gasteiger charge is 2.23. The molecule has 2 amide bonds. The average Bonchev–Trinajstić information content (AvgIpc) is 3.22. The maximum atomic E-state index is 13.9. The lowest BCUT2D eigenvalue weighted by Gasteiger charge is -2.14. The van der Waals surface area contributed by atoms with Gasteiger partial charge in [-0.15, -0.1) is 0 Å². The molecule has 4 rings (SSSR count). The van der Waals surface area contributed by atoms with Crippen molar-refractivity contribution in [3.8, 4) is 22.6 Å². The van der Waals surface area contributed by atoms with Crippen LogP contribution in [0.3, 0.4) is 0 Å². The van der Waals surface area contributed by atoms with E-state index in [0.29, 0.717) is 34.4 Å². The van der Waals surface area contributed by atoms with Crippen LogP contribution >= 0.6 is 0 Å². The van der Waals surface area contributed by atoms with Crippen molar-refractivity contribution in [3.63, 3.8) is 0 Å². The van der Waals surface area contributed by atoms with Crippen LogP contribution in [0, 0.1) is 11.6 Å². The van der Waals surface area contributed by atoms with Gasteiger partial charge in [0, 0.05) is 28.9 Å². The van der Waals surface area contributed by atoms with Crippen LogP contribution in [0.4, 0.5) is 30.9 Å². The van der Waals surface area contributed by atoms with Crippen molar-refractivity contribution in [3.05, 3.63) is 72.2 Å². The van der Waals surface area contributed by atoms with E-state index in [9.17, 15) is 13.6 Å². The zero-order chi connectivity index (χ0) is 24.5. The summed E-state index contributed by atoms with van der Waals surface area (Å²) in [5.74, 6) is -0.719. The number of urea groups is 1. The number of anilines is 3. The van der Waals surface area contributed by atoms with Gasteiger partial charge in [-0.3, -0.25) is 0 Å². The van der Waals surface area contributed by atoms with E-state index in [4.69, 9.17) is 10.7 Å². The molecule has 0 saturated carbocycles. The first-order chi connectivity index (χ1) is 16.1. The lowest BCUT2D eigenvalue weighted by molar-refractivity contribution is 0.262. The number of nitrogens with one attached hydrogen (secondary N) is 3. The van der Waals surface area contributed by atoms with Crippen LogP contribution in [0.25, 0.3) is 22.6 Å². The molecule has 34 heavy (non-hydrogen) atoms. The van der Waals surface area contributed by atoms with Gasteiger partial charge in [-0.1, -0.05) is 32.9 Å². The van der Waals surface area contributed by atoms with Gasteiger partial charge in [-0.05, 0) is 30.3 Å². The molecule has 8 nitrogen and oxygen atoms in total. The van der Waals surface area contributed by atoms with Crippen molar-refractivity contribution in [1.29, 1.82) is 0 Å². The fourth-order valence-corrected chi connectivity index (χ4v) is 3.26. The van der Waals surface area contributed by atoms with E-state index in [1.54, 1.807) is 30.5 Å². The molecular formula is C24H23F2N7O. The SMILES string of the molecule is CC(C)(C)c1nc(-c2cccc(NC(=O)Nc3ccc(F)cc3F)c2)c(-c2ccnc(N)n2)[nH]1. The predicted octanol–water partition coefficient (Wildman–Crippen LogP) is 5.34. The second kappa shape index (κ2) is 8.89. The summed E-state index contributed by atoms with van der Waals surface area (Å²) in [7, 11) is 0. The second-order valence-electron chi connectivity index (χ2n) is 8.64. The molecule has 2 aromatic heterocycles. The van der Waals surface area contributed by atoms with Crippen LogP contribution < -0.4 is 16.4 Å². The Balaban J connectivity index is 1.65. The number of hydrogen-bond donors (Lipinski definition) is 4. The Morgan fingerprint density at radius 1 is 1.03 bits per heavy atom. The number of nitrogens with zero attached hydrogens (tertiary/aromatic N) is 3. The maximum absolute atomic E-state index is 13.9. The quantitative estimate of drug-likeness (QED) is 0.326. The Kier molecular flexibility index (Phi) is 5.97. The highest BCUT2D eigenvalue weighted by molar-refractivity contribution is 6.00. The molecule has 174 valence electrons. The molecule has 2 heterocycles. The fourth-order valence-electron chi connectivity index (χ4n) is 3.26. The van der Waals surface area contributed by atoms with Crippen LogP contribution in [0.2, 0.25) is 0 Å². The van der Waals surface area contributed by atoms with Crippen LogP contribution in [-0.4, -0.2) is 26.0 Å². The highest BCUT2D eigenvalue weighted by atomic mass is 19.1. The first-order valence-corrected chi connectivity index (χ1v) is 10.4. The van der Waals surface area contributed by atoms with Gasteiger partial charge in [0.25, 0.3) is 0 Å². The number of carbonyl (C=O) groups excluding carboxylic acids is 1. The van der Waals surface area contributed by atoms with E-state index in [2.05, 4.69) is 25.6 Å². The lowest BCUT2D eigenvalue weighted by atomic mass is 9.96. The number of H-pyrrole nitrogens is 1. The molecule has 2 aromatic carbocycles. The standard InChI is InChI=1S/C24H23F2N7O/c1-24(2,3)21-32-19(20(33-21)18-9-10-28-22(27)30-18)13-5-4-6-15(11-13)29-23(34)31-17-8-7-14(25)12-16(17)26/h4-12H,1-3H3,(H,32,33)(H2,27,28,30)(H2,29,31,34). The summed E-state index contributed by atoms with van der Waals surface area (Å²) in [6.45, 7) is 6.10. The molecule has 0 saturated heterocycles. The van der Waals surface area contributed by atoms with Crippen molar-refractivity contribution in [1.82, 2.24) is 19.9 Å². The smallest absolute Gasteiger partial charge is 0.323 e. The van der Waals surface area contributed by atoms with Crippen molar-refractivity contribution >= 4 is 23.4 Å². The van der Waals surface area contributed by atoms with Crippen LogP contribution in [0.1, 0.15) is 26.6 Å². The number of aromatic amines is 1. The molecule has 0 radical (unpaired) electrons. The van der Waals surface area contributed by atoms with E-state index < -0.39 is 17.7 Å². The molecule has 0 aliphatic heterocycles. The minimum Gasteiger partial charge on any atom is -0.368 e. The molecule has 0 aliphatic carbocycles. The zero-order valence-corrected chi connectivity index (χ0v) is 18.8. The van der Waals surface area contributed by atoms with Crippen LogP contribution in [0.5, 0.6) is 0 Å². The Morgan fingerprint density at radius 2 is 1.82 bits per heavy atom. The summed E-state index contributed by atoms with van der Waals surface area (Å²) < 4.78 is 27.0. The maximum Gasteiger partial charge on any atom is 0.323 e. The van der Waals surface area contributed by atoms with E-state index in [0.717, 1.165) is 18.0 Å². The van der Waals surface area contributed by atoms with Crippen LogP contribution in [-0.2, 0) is 5.41 Å². The van der Waals surface area contributed by atoms with E-state index in [-0.39, 0.29) is 17.1 Å². The van der Waals surface area contributed by atoms with Crippen molar-refractivity contribution in [2.75, 3.05) is 16.4 Å². The highest BCUT2D eigenvalue weighted by Crippen LogP contribution is 2.33. The molecule has 4 aromatic rings. The van der Waals surface area contributed by atoms with Gasteiger partial charge in [0.05, 0.1) is 22.8 Å². The number of nitrogen functional groups attached to an aromatic ring is 1. The first kappa shape index (κ1) is 22.8. The minimum absolute atomic E-state index is 0.135. The lowest BCUT2D eigenvalue weighted by Crippen LogP contribution is -2.20. The number of rotatable bonds is 4. The molecule has 5 N–H and O–H groups in total. The van der Waals surface area contributed by atoms with E-state index >= 15 is 0 Å². The monoisotopic (exact) mass is 463 g/mol. The molecule has 10 heteroatoms. The third-order valence-electron chi connectivity index (χ3n) is 4.92. The number of amides is 2. The van der Waals surface area contributed by atoms with E-state index in [1.165, 1.54) is 0 Å². The molecular weight excluding hydrogens is 440 g/mol. The average molecular weight is 463 g/mol. The third kappa shape index (κ3) is 5.01. The predicted molar refractivity (Wildman–Crippen MR) is 127 cm³/mol. The summed E-state index contributed by atoms with van der Waals surface area (Å²) in [5, 5.41) is 5.02. The van der Waals surface area contributed by atoms with E-state index in [1.807, 2.05) is 26.8 Å². The largest absolute Gasteiger partial charge is 0.368 e. The Bertz CT molecular complexity index is 1360. The van der Waals surface area contributed by atoms with Gasteiger partial charge in [0.15, 0.2) is 0 Å². The molecule has 0 aliphatic rings. The van der Waals surface area contributed by atoms with Crippen LogP contribution in [0.15, 0.2) is 54.7 Å². The Labute approximate surface area is 194 Å². The number of imidazole rings is 1. The summed E-state index contributed by atoms with van der Waals surface area (Å²) in [6.07, 6.45) is 1.57. The Hall–Kier alpha value is -4.34. The van der Waals surface area contributed by atoms with Gasteiger partial charge in [-0.25, -0.2) is 28.5 Å². The summed E-state index contributed by atoms with van der Waals surface area (Å²) in [6, 6.07) is 11.0. The molecule has 0 spiro atoms. The van der Waals surface area contributed by atoms with Gasteiger partial charge in [-0.2, -0.15) is 0 Å². The number of hydrogen-bond acceptors (Lipinski definition) is 5. The first-order valence-electron chi connectivity index (χ1n) is 10.4. The molecule has 0 unspecified atom stereocenters. The second-order valence-corrected chi connectivity index (χ2v) is 8.64. The third-order valence-corrected chi connectivity index (χ3v) is 4.92. The number of halogens is 2. The molecule has 0 bridgehead atoms. The molecule has 0 fully saturated rings. The number of carbonyl (C=O) groups is 1.